The number of nitrogens with two attached hydrogens (primary N) is 1. The SMILES string of the molecule is Cc1ccc(C)c(CC(N)C2CCOC3(CCSC3)C2)c1. The van der Waals surface area contributed by atoms with Gasteiger partial charge in [0.05, 0.1) is 5.60 Å². The van der Waals surface area contributed by atoms with Gasteiger partial charge in [-0.1, -0.05) is 23.8 Å². The first-order valence-electron chi connectivity index (χ1n) is 8.11. The highest BCUT2D eigenvalue weighted by atomic mass is 32.2. The van der Waals surface area contributed by atoms with Crippen LogP contribution in [0.15, 0.2) is 18.2 Å². The summed E-state index contributed by atoms with van der Waals surface area (Å²) in [6, 6.07) is 6.97. The van der Waals surface area contributed by atoms with Gasteiger partial charge in [-0.15, -0.1) is 0 Å². The third-order valence-electron chi connectivity index (χ3n) is 5.16. The first kappa shape index (κ1) is 15.4. The van der Waals surface area contributed by atoms with Crippen LogP contribution in [0.3, 0.4) is 0 Å². The zero-order valence-electron chi connectivity index (χ0n) is 13.2. The van der Waals surface area contributed by atoms with E-state index in [9.17, 15) is 0 Å². The van der Waals surface area contributed by atoms with Crippen molar-refractivity contribution >= 4 is 11.8 Å². The Kier molecular flexibility index (Phi) is 4.63. The van der Waals surface area contributed by atoms with Gasteiger partial charge < -0.3 is 10.5 Å². The molecule has 0 amide bonds. The molecule has 2 aliphatic heterocycles. The van der Waals surface area contributed by atoms with Gasteiger partial charge in [0.2, 0.25) is 0 Å². The first-order valence-corrected chi connectivity index (χ1v) is 9.27. The fourth-order valence-electron chi connectivity index (χ4n) is 3.74. The van der Waals surface area contributed by atoms with E-state index in [-0.39, 0.29) is 11.6 Å². The van der Waals surface area contributed by atoms with Gasteiger partial charge in [-0.2, -0.15) is 11.8 Å². The van der Waals surface area contributed by atoms with Crippen LogP contribution in [0, 0.1) is 19.8 Å². The third kappa shape index (κ3) is 3.46. The summed E-state index contributed by atoms with van der Waals surface area (Å²) in [6.45, 7) is 5.25. The van der Waals surface area contributed by atoms with Crippen LogP contribution in [0.1, 0.15) is 36.0 Å². The molecule has 2 saturated heterocycles. The molecule has 2 N–H and O–H groups in total. The van der Waals surface area contributed by atoms with E-state index in [4.69, 9.17) is 10.5 Å². The Labute approximate surface area is 132 Å². The first-order chi connectivity index (χ1) is 10.1. The van der Waals surface area contributed by atoms with Crippen LogP contribution in [0.4, 0.5) is 0 Å². The second-order valence-corrected chi connectivity index (χ2v) is 7.99. The Morgan fingerprint density at radius 1 is 1.43 bits per heavy atom. The van der Waals surface area contributed by atoms with E-state index < -0.39 is 0 Å². The molecule has 3 heteroatoms. The zero-order chi connectivity index (χ0) is 14.9. The van der Waals surface area contributed by atoms with E-state index in [0.717, 1.165) is 25.9 Å². The van der Waals surface area contributed by atoms with Crippen LogP contribution in [0.5, 0.6) is 0 Å². The van der Waals surface area contributed by atoms with E-state index in [0.29, 0.717) is 5.92 Å². The monoisotopic (exact) mass is 305 g/mol. The minimum Gasteiger partial charge on any atom is -0.374 e. The molecule has 2 aliphatic rings. The lowest BCUT2D eigenvalue weighted by Crippen LogP contribution is -2.46. The smallest absolute Gasteiger partial charge is 0.0783 e. The highest BCUT2D eigenvalue weighted by Crippen LogP contribution is 2.41. The average Bonchev–Trinajstić information content (AvgIpc) is 2.91. The van der Waals surface area contributed by atoms with Crippen molar-refractivity contribution in [3.8, 4) is 0 Å². The van der Waals surface area contributed by atoms with Crippen molar-refractivity contribution < 1.29 is 4.74 Å². The summed E-state index contributed by atoms with van der Waals surface area (Å²) in [7, 11) is 0. The van der Waals surface area contributed by atoms with E-state index in [1.54, 1.807) is 0 Å². The lowest BCUT2D eigenvalue weighted by molar-refractivity contribution is -0.0831. The molecule has 1 aromatic rings. The van der Waals surface area contributed by atoms with Crippen LogP contribution in [-0.2, 0) is 11.2 Å². The summed E-state index contributed by atoms with van der Waals surface area (Å²) in [5.41, 5.74) is 10.9. The molecule has 0 saturated carbocycles. The molecule has 3 unspecified atom stereocenters. The maximum atomic E-state index is 6.59. The standard InChI is InChI=1S/C18H27NOS/c1-13-3-4-14(2)16(9-13)10-17(19)15-5-7-20-18(11-15)6-8-21-12-18/h3-4,9,15,17H,5-8,10-12,19H2,1-2H3. The zero-order valence-corrected chi connectivity index (χ0v) is 14.0. The summed E-state index contributed by atoms with van der Waals surface area (Å²) >= 11 is 2.04. The second-order valence-electron chi connectivity index (χ2n) is 6.88. The minimum absolute atomic E-state index is 0.146. The fraction of sp³-hybridized carbons (Fsp3) is 0.667. The number of hydrogen-bond acceptors (Lipinski definition) is 3. The quantitative estimate of drug-likeness (QED) is 0.928. The maximum absolute atomic E-state index is 6.59. The fourth-order valence-corrected chi connectivity index (χ4v) is 5.11. The molecule has 0 aromatic heterocycles. The Morgan fingerprint density at radius 3 is 3.05 bits per heavy atom. The molecule has 1 spiro atoms. The van der Waals surface area contributed by atoms with E-state index in [1.165, 1.54) is 34.6 Å². The summed E-state index contributed by atoms with van der Waals surface area (Å²) in [5, 5.41) is 0. The van der Waals surface area contributed by atoms with Crippen LogP contribution in [0.25, 0.3) is 0 Å². The number of thioether (sulfide) groups is 1. The van der Waals surface area contributed by atoms with Crippen LogP contribution >= 0.6 is 11.8 Å². The summed E-state index contributed by atoms with van der Waals surface area (Å²) < 4.78 is 6.12. The molecule has 21 heavy (non-hydrogen) atoms. The number of ether oxygens (including phenoxy) is 1. The van der Waals surface area contributed by atoms with Gasteiger partial charge in [-0.05, 0) is 62.3 Å². The van der Waals surface area contributed by atoms with Gasteiger partial charge in [-0.3, -0.25) is 0 Å². The highest BCUT2D eigenvalue weighted by Gasteiger charge is 2.41. The van der Waals surface area contributed by atoms with Crippen LogP contribution < -0.4 is 5.73 Å². The molecule has 3 atom stereocenters. The number of rotatable bonds is 3. The molecule has 116 valence electrons. The average molecular weight is 305 g/mol. The van der Waals surface area contributed by atoms with Gasteiger partial charge in [-0.25, -0.2) is 0 Å². The summed E-state index contributed by atoms with van der Waals surface area (Å²) in [6.07, 6.45) is 4.50. The summed E-state index contributed by atoms with van der Waals surface area (Å²) in [4.78, 5) is 0. The topological polar surface area (TPSA) is 35.2 Å². The van der Waals surface area contributed by atoms with Gasteiger partial charge >= 0.3 is 0 Å². The molecular formula is C18H27NOS. The highest BCUT2D eigenvalue weighted by molar-refractivity contribution is 7.99. The van der Waals surface area contributed by atoms with Crippen molar-refractivity contribution in [1.29, 1.82) is 0 Å². The molecule has 0 radical (unpaired) electrons. The molecule has 2 nitrogen and oxygen atoms in total. The Morgan fingerprint density at radius 2 is 2.29 bits per heavy atom. The molecule has 0 aliphatic carbocycles. The van der Waals surface area contributed by atoms with Crippen molar-refractivity contribution in [2.24, 2.45) is 11.7 Å². The molecule has 0 bridgehead atoms. The van der Waals surface area contributed by atoms with Gasteiger partial charge in [0.15, 0.2) is 0 Å². The maximum Gasteiger partial charge on any atom is 0.0783 e. The van der Waals surface area contributed by atoms with Crippen molar-refractivity contribution in [1.82, 2.24) is 0 Å². The van der Waals surface area contributed by atoms with Gasteiger partial charge in [0.1, 0.15) is 0 Å². The minimum atomic E-state index is 0.146. The summed E-state index contributed by atoms with van der Waals surface area (Å²) in [5.74, 6) is 3.02. The number of hydrogen-bond donors (Lipinski definition) is 1. The number of aryl methyl sites for hydroxylation is 2. The predicted octanol–water partition coefficient (Wildman–Crippen LogP) is 3.48. The largest absolute Gasteiger partial charge is 0.374 e. The molecule has 2 fully saturated rings. The van der Waals surface area contributed by atoms with Gasteiger partial charge in [0, 0.05) is 18.4 Å². The van der Waals surface area contributed by atoms with E-state index in [1.807, 2.05) is 11.8 Å². The Bertz CT molecular complexity index is 496. The van der Waals surface area contributed by atoms with Crippen molar-refractivity contribution in [3.63, 3.8) is 0 Å². The molecular weight excluding hydrogens is 278 g/mol. The third-order valence-corrected chi connectivity index (χ3v) is 6.39. The van der Waals surface area contributed by atoms with E-state index >= 15 is 0 Å². The number of benzene rings is 1. The van der Waals surface area contributed by atoms with Crippen LogP contribution in [-0.4, -0.2) is 29.8 Å². The van der Waals surface area contributed by atoms with Crippen molar-refractivity contribution in [2.75, 3.05) is 18.1 Å². The van der Waals surface area contributed by atoms with Crippen molar-refractivity contribution in [2.45, 2.75) is 51.2 Å². The Hall–Kier alpha value is -0.510. The van der Waals surface area contributed by atoms with E-state index in [2.05, 4.69) is 32.0 Å². The molecule has 1 aromatic carbocycles. The Balaban J connectivity index is 1.67. The normalized spacial score (nSPS) is 30.7. The van der Waals surface area contributed by atoms with Gasteiger partial charge in [0.25, 0.3) is 0 Å². The molecule has 2 heterocycles. The second kappa shape index (κ2) is 6.31. The predicted molar refractivity (Wildman–Crippen MR) is 90.9 cm³/mol. The molecule has 3 rings (SSSR count). The van der Waals surface area contributed by atoms with Crippen LogP contribution in [0.2, 0.25) is 0 Å². The lowest BCUT2D eigenvalue weighted by atomic mass is 9.79. The lowest BCUT2D eigenvalue weighted by Gasteiger charge is -2.40. The van der Waals surface area contributed by atoms with Crippen molar-refractivity contribution in [3.05, 3.63) is 34.9 Å².